The van der Waals surface area contributed by atoms with E-state index in [1.54, 1.807) is 0 Å². The summed E-state index contributed by atoms with van der Waals surface area (Å²) in [6.07, 6.45) is 35.9. The van der Waals surface area contributed by atoms with Crippen molar-refractivity contribution >= 4 is 19.8 Å². The number of ether oxygens (including phenoxy) is 3. The zero-order valence-electron chi connectivity index (χ0n) is 29.1. The van der Waals surface area contributed by atoms with E-state index in [-0.39, 0.29) is 19.4 Å². The Labute approximate surface area is 284 Å². The van der Waals surface area contributed by atoms with Crippen LogP contribution >= 0.6 is 7.82 Å². The van der Waals surface area contributed by atoms with Gasteiger partial charge in [-0.05, 0) is 64.2 Å². The molecule has 2 N–H and O–H groups in total. The third kappa shape index (κ3) is 28.7. The minimum Gasteiger partial charge on any atom is -0.462 e. The second-order valence-corrected chi connectivity index (χ2v) is 13.5. The van der Waals surface area contributed by atoms with Gasteiger partial charge in [0.25, 0.3) is 0 Å². The highest BCUT2D eigenvalue weighted by Gasteiger charge is 2.36. The lowest BCUT2D eigenvalue weighted by Crippen LogP contribution is -2.29. The highest BCUT2D eigenvalue weighted by atomic mass is 31.2. The Bertz CT molecular complexity index is 969. The zero-order chi connectivity index (χ0) is 34.4. The lowest BCUT2D eigenvalue weighted by Gasteiger charge is -2.18. The molecule has 0 saturated carbocycles. The van der Waals surface area contributed by atoms with Gasteiger partial charge in [-0.15, -0.1) is 0 Å². The first-order valence-corrected chi connectivity index (χ1v) is 19.6. The molecule has 47 heavy (non-hydrogen) atoms. The molecule has 2 unspecified atom stereocenters. The number of rotatable bonds is 31. The molecule has 10 heteroatoms. The van der Waals surface area contributed by atoms with E-state index in [4.69, 9.17) is 24.0 Å². The third-order valence-electron chi connectivity index (χ3n) is 7.74. The van der Waals surface area contributed by atoms with Crippen LogP contribution in [0.2, 0.25) is 0 Å². The molecule has 0 aliphatic carbocycles. The van der Waals surface area contributed by atoms with Gasteiger partial charge in [0.2, 0.25) is 0 Å². The highest BCUT2D eigenvalue weighted by molar-refractivity contribution is 7.46. The van der Waals surface area contributed by atoms with Crippen molar-refractivity contribution in [2.24, 2.45) is 0 Å². The number of allylic oxidation sites excluding steroid dienone is 7. The Morgan fingerprint density at radius 3 is 2.00 bits per heavy atom. The molecule has 270 valence electrons. The molecule has 3 atom stereocenters. The maximum absolute atomic E-state index is 12.3. The van der Waals surface area contributed by atoms with Crippen molar-refractivity contribution in [3.05, 3.63) is 48.6 Å². The Kier molecular flexibility index (Phi) is 26.5. The molecule has 0 spiro atoms. The molecule has 0 radical (unpaired) electrons. The molecule has 1 aliphatic rings. The molecule has 0 aromatic heterocycles. The predicted octanol–water partition coefficient (Wildman–Crippen LogP) is 9.38. The number of phosphoric acid groups is 1. The van der Waals surface area contributed by atoms with Crippen LogP contribution in [-0.2, 0) is 32.9 Å². The topological polar surface area (TPSA) is 132 Å². The van der Waals surface area contributed by atoms with E-state index in [2.05, 4.69) is 60.9 Å². The van der Waals surface area contributed by atoms with Gasteiger partial charge in [-0.1, -0.05) is 114 Å². The summed E-state index contributed by atoms with van der Waals surface area (Å²) in [6, 6.07) is 0. The molecule has 1 rings (SSSR count). The fraction of sp³-hybridized carbons (Fsp3) is 0.730. The van der Waals surface area contributed by atoms with Crippen molar-refractivity contribution in [2.75, 3.05) is 13.2 Å². The van der Waals surface area contributed by atoms with E-state index < -0.39 is 32.5 Å². The average Bonchev–Trinajstić information content (AvgIpc) is 3.79. The normalized spacial score (nSPS) is 17.4. The van der Waals surface area contributed by atoms with Gasteiger partial charge < -0.3 is 24.0 Å². The summed E-state index contributed by atoms with van der Waals surface area (Å²) in [6.45, 7) is 3.53. The summed E-state index contributed by atoms with van der Waals surface area (Å²) in [4.78, 5) is 42.6. The van der Waals surface area contributed by atoms with Crippen LogP contribution in [0.1, 0.15) is 142 Å². The molecular weight excluding hydrogens is 619 g/mol. The van der Waals surface area contributed by atoms with E-state index in [0.29, 0.717) is 25.0 Å². The number of epoxide rings is 1. The first-order valence-electron chi connectivity index (χ1n) is 18.1. The quantitative estimate of drug-likeness (QED) is 0.0241. The second-order valence-electron chi connectivity index (χ2n) is 12.2. The van der Waals surface area contributed by atoms with Gasteiger partial charge in [-0.25, -0.2) is 4.57 Å². The van der Waals surface area contributed by atoms with Crippen molar-refractivity contribution < 1.29 is 42.7 Å². The number of carbonyl (C=O) groups is 2. The van der Waals surface area contributed by atoms with Crippen LogP contribution in [0.4, 0.5) is 0 Å². The predicted molar refractivity (Wildman–Crippen MR) is 188 cm³/mol. The van der Waals surface area contributed by atoms with Gasteiger partial charge in [0.1, 0.15) is 6.61 Å². The van der Waals surface area contributed by atoms with Crippen LogP contribution in [0, 0.1) is 0 Å². The molecule has 1 saturated heterocycles. The number of hydrogen-bond acceptors (Lipinski definition) is 7. The summed E-state index contributed by atoms with van der Waals surface area (Å²) < 4.78 is 31.9. The molecule has 1 aliphatic heterocycles. The molecule has 0 aromatic carbocycles. The second kappa shape index (κ2) is 28.9. The zero-order valence-corrected chi connectivity index (χ0v) is 30.0. The van der Waals surface area contributed by atoms with Crippen molar-refractivity contribution in [3.8, 4) is 0 Å². The molecule has 0 bridgehead atoms. The minimum atomic E-state index is -4.76. The number of hydrogen-bond donors (Lipinski definition) is 2. The molecule has 0 amide bonds. The van der Waals surface area contributed by atoms with E-state index in [1.807, 2.05) is 6.08 Å². The van der Waals surface area contributed by atoms with Crippen molar-refractivity contribution in [1.82, 2.24) is 0 Å². The maximum Gasteiger partial charge on any atom is 0.469 e. The minimum absolute atomic E-state index is 0.184. The Balaban J connectivity index is 2.15. The SMILES string of the molecule is CCCC/C=C\CCCCCCCC(=O)O[C@H](COC(=O)CCC/C=C\C/C=C\C/C=C\CC1OC1CCCCC)COP(=O)(O)O. The first kappa shape index (κ1) is 43.0. The fourth-order valence-electron chi connectivity index (χ4n) is 4.91. The standard InChI is InChI=1S/C37H63O9P/c1-3-5-7-8-9-10-11-16-19-22-26-30-37(39)45-33(32-44-47(40,41)42)31-43-36(38)29-25-21-18-15-13-12-14-17-20-24-28-35-34(46-35)27-23-6-4-2/h8-9,12,14-15,18,20,24,33-35H,3-7,10-11,13,16-17,19,21-23,25-32H2,1-2H3,(H2,40,41,42)/b9-8-,14-12-,18-15-,24-20-/t33-,34?,35?/m1/s1. The van der Waals surface area contributed by atoms with Crippen LogP contribution in [0.15, 0.2) is 48.6 Å². The summed E-state index contributed by atoms with van der Waals surface area (Å²) in [5.41, 5.74) is 0. The van der Waals surface area contributed by atoms with E-state index in [1.165, 1.54) is 38.5 Å². The van der Waals surface area contributed by atoms with Gasteiger partial charge in [-0.3, -0.25) is 14.1 Å². The number of esters is 2. The lowest BCUT2D eigenvalue weighted by molar-refractivity contribution is -0.161. The van der Waals surface area contributed by atoms with Crippen molar-refractivity contribution in [3.63, 3.8) is 0 Å². The molecule has 9 nitrogen and oxygen atoms in total. The number of carbonyl (C=O) groups excluding carboxylic acids is 2. The smallest absolute Gasteiger partial charge is 0.462 e. The monoisotopic (exact) mass is 682 g/mol. The lowest BCUT2D eigenvalue weighted by atomic mass is 10.1. The first-order chi connectivity index (χ1) is 22.7. The third-order valence-corrected chi connectivity index (χ3v) is 8.23. The largest absolute Gasteiger partial charge is 0.469 e. The average molecular weight is 683 g/mol. The Morgan fingerprint density at radius 2 is 1.28 bits per heavy atom. The van der Waals surface area contributed by atoms with Gasteiger partial charge in [-0.2, -0.15) is 0 Å². The summed E-state index contributed by atoms with van der Waals surface area (Å²) in [5.74, 6) is -0.972. The summed E-state index contributed by atoms with van der Waals surface area (Å²) in [5, 5.41) is 0. The van der Waals surface area contributed by atoms with Crippen LogP contribution < -0.4 is 0 Å². The van der Waals surface area contributed by atoms with Crippen LogP contribution in [0.25, 0.3) is 0 Å². The Hall–Kier alpha value is -2.03. The number of unbranched alkanes of at least 4 members (excludes halogenated alkanes) is 10. The van der Waals surface area contributed by atoms with Crippen molar-refractivity contribution in [2.45, 2.75) is 161 Å². The molecule has 1 fully saturated rings. The van der Waals surface area contributed by atoms with Crippen LogP contribution in [0.5, 0.6) is 0 Å². The van der Waals surface area contributed by atoms with Gasteiger partial charge >= 0.3 is 19.8 Å². The van der Waals surface area contributed by atoms with Gasteiger partial charge in [0, 0.05) is 12.8 Å². The van der Waals surface area contributed by atoms with Crippen molar-refractivity contribution in [1.29, 1.82) is 0 Å². The summed E-state index contributed by atoms with van der Waals surface area (Å²) in [7, 11) is -4.76. The van der Waals surface area contributed by atoms with E-state index >= 15 is 0 Å². The van der Waals surface area contributed by atoms with E-state index in [9.17, 15) is 14.2 Å². The molecule has 0 aromatic rings. The van der Waals surface area contributed by atoms with Gasteiger partial charge in [0.05, 0.1) is 18.8 Å². The van der Waals surface area contributed by atoms with E-state index in [0.717, 1.165) is 64.2 Å². The molecule has 1 heterocycles. The summed E-state index contributed by atoms with van der Waals surface area (Å²) >= 11 is 0. The Morgan fingerprint density at radius 1 is 0.681 bits per heavy atom. The van der Waals surface area contributed by atoms with Crippen LogP contribution in [-0.4, -0.2) is 53.3 Å². The molecular formula is C37H63O9P. The number of phosphoric ester groups is 1. The highest BCUT2D eigenvalue weighted by Crippen LogP contribution is 2.36. The van der Waals surface area contributed by atoms with Gasteiger partial charge in [0.15, 0.2) is 6.10 Å². The van der Waals surface area contributed by atoms with Crippen LogP contribution in [0.3, 0.4) is 0 Å². The maximum atomic E-state index is 12.3. The fourth-order valence-corrected chi connectivity index (χ4v) is 5.27.